The largest absolute Gasteiger partial charge is 0.496 e. The van der Waals surface area contributed by atoms with Crippen molar-refractivity contribution in [3.05, 3.63) is 34.2 Å². The molecular formula is C12H10ClNO3S. The Morgan fingerprint density at radius 3 is 2.72 bits per heavy atom. The number of halogens is 1. The van der Waals surface area contributed by atoms with Gasteiger partial charge in [-0.15, -0.1) is 11.3 Å². The molecule has 0 spiro atoms. The minimum absolute atomic E-state index is 0.127. The van der Waals surface area contributed by atoms with E-state index < -0.39 is 5.97 Å². The fourth-order valence-corrected chi connectivity index (χ4v) is 2.68. The van der Waals surface area contributed by atoms with Crippen molar-refractivity contribution in [2.24, 2.45) is 0 Å². The van der Waals surface area contributed by atoms with E-state index in [1.165, 1.54) is 7.11 Å². The summed E-state index contributed by atoms with van der Waals surface area (Å²) in [6.07, 6.45) is 0. The maximum atomic E-state index is 11.0. The number of methoxy groups -OCH3 is 1. The lowest BCUT2D eigenvalue weighted by Gasteiger charge is -2.06. The lowest BCUT2D eigenvalue weighted by Crippen LogP contribution is -1.96. The molecule has 0 radical (unpaired) electrons. The van der Waals surface area contributed by atoms with Gasteiger partial charge in [0, 0.05) is 15.5 Å². The van der Waals surface area contributed by atoms with Crippen LogP contribution in [0.15, 0.2) is 24.3 Å². The molecule has 0 aliphatic heterocycles. The van der Waals surface area contributed by atoms with Crippen LogP contribution in [0.1, 0.15) is 9.67 Å². The zero-order chi connectivity index (χ0) is 13.3. The van der Waals surface area contributed by atoms with Crippen LogP contribution in [0.4, 0.5) is 5.69 Å². The van der Waals surface area contributed by atoms with Crippen molar-refractivity contribution in [1.29, 1.82) is 0 Å². The number of carbonyl (C=O) groups is 1. The third-order valence-corrected chi connectivity index (χ3v) is 3.79. The number of carboxylic acid groups (broad SMARTS) is 1. The van der Waals surface area contributed by atoms with Crippen molar-refractivity contribution >= 4 is 34.6 Å². The van der Waals surface area contributed by atoms with E-state index in [-0.39, 0.29) is 10.6 Å². The highest BCUT2D eigenvalue weighted by Gasteiger charge is 2.16. The molecular weight excluding hydrogens is 274 g/mol. The van der Waals surface area contributed by atoms with E-state index in [1.807, 2.05) is 0 Å². The van der Waals surface area contributed by atoms with Gasteiger partial charge < -0.3 is 15.6 Å². The Kier molecular flexibility index (Phi) is 3.45. The van der Waals surface area contributed by atoms with Gasteiger partial charge in [0.1, 0.15) is 10.6 Å². The molecule has 0 saturated heterocycles. The minimum atomic E-state index is -1.03. The van der Waals surface area contributed by atoms with Gasteiger partial charge in [0.2, 0.25) is 0 Å². The topological polar surface area (TPSA) is 72.5 Å². The summed E-state index contributed by atoms with van der Waals surface area (Å²) in [6.45, 7) is 0. The van der Waals surface area contributed by atoms with Crippen LogP contribution in [0, 0.1) is 0 Å². The first kappa shape index (κ1) is 12.7. The van der Waals surface area contributed by atoms with E-state index in [9.17, 15) is 4.79 Å². The predicted octanol–water partition coefficient (Wildman–Crippen LogP) is 3.36. The Morgan fingerprint density at radius 1 is 1.44 bits per heavy atom. The molecule has 0 atom stereocenters. The van der Waals surface area contributed by atoms with E-state index in [0.717, 1.165) is 21.8 Å². The molecule has 0 amide bonds. The monoisotopic (exact) mass is 283 g/mol. The highest BCUT2D eigenvalue weighted by Crippen LogP contribution is 2.39. The smallest absolute Gasteiger partial charge is 0.348 e. The number of hydrogen-bond acceptors (Lipinski definition) is 4. The number of nitrogens with two attached hydrogens (primary N) is 1. The average molecular weight is 284 g/mol. The maximum absolute atomic E-state index is 11.0. The van der Waals surface area contributed by atoms with Gasteiger partial charge in [0.15, 0.2) is 0 Å². The summed E-state index contributed by atoms with van der Waals surface area (Å²) in [5.41, 5.74) is 6.68. The Bertz CT molecular complexity index is 609. The molecule has 2 aromatic rings. The van der Waals surface area contributed by atoms with E-state index >= 15 is 0 Å². The van der Waals surface area contributed by atoms with Crippen LogP contribution in [0.25, 0.3) is 10.4 Å². The average Bonchev–Trinajstić information content (AvgIpc) is 2.71. The number of carboxylic acids is 1. The number of ether oxygens (including phenoxy) is 1. The molecule has 0 fully saturated rings. The van der Waals surface area contributed by atoms with E-state index in [1.54, 1.807) is 24.3 Å². The van der Waals surface area contributed by atoms with Crippen molar-refractivity contribution in [3.63, 3.8) is 0 Å². The normalized spacial score (nSPS) is 10.3. The number of thiophene rings is 1. The second kappa shape index (κ2) is 4.88. The summed E-state index contributed by atoms with van der Waals surface area (Å²) in [6, 6.07) is 6.79. The molecule has 2 rings (SSSR count). The lowest BCUT2D eigenvalue weighted by molar-refractivity contribution is 0.0703. The molecule has 0 unspecified atom stereocenters. The Morgan fingerprint density at radius 2 is 2.17 bits per heavy atom. The third-order valence-electron chi connectivity index (χ3n) is 2.38. The SMILES string of the molecule is COc1cc(Cl)ccc1-c1cc(N)c(C(=O)O)s1. The van der Waals surface area contributed by atoms with Crippen molar-refractivity contribution in [2.45, 2.75) is 0 Å². The third kappa shape index (κ3) is 2.27. The number of benzene rings is 1. The molecule has 3 N–H and O–H groups in total. The number of nitrogen functional groups attached to an aromatic ring is 1. The standard InChI is InChI=1S/C12H10ClNO3S/c1-17-9-4-6(13)2-3-7(9)10-5-8(14)11(18-10)12(15)16/h2-5H,14H2,1H3,(H,15,16). The first-order chi connectivity index (χ1) is 8.52. The summed E-state index contributed by atoms with van der Waals surface area (Å²) in [7, 11) is 1.53. The van der Waals surface area contributed by atoms with Gasteiger partial charge in [-0.3, -0.25) is 0 Å². The van der Waals surface area contributed by atoms with Crippen molar-refractivity contribution < 1.29 is 14.6 Å². The lowest BCUT2D eigenvalue weighted by atomic mass is 10.1. The van der Waals surface area contributed by atoms with Crippen LogP contribution >= 0.6 is 22.9 Å². The first-order valence-corrected chi connectivity index (χ1v) is 6.19. The van der Waals surface area contributed by atoms with Crippen LogP contribution in [0.2, 0.25) is 5.02 Å². The van der Waals surface area contributed by atoms with Crippen molar-refractivity contribution in [3.8, 4) is 16.2 Å². The quantitative estimate of drug-likeness (QED) is 0.906. The molecule has 0 aliphatic rings. The van der Waals surface area contributed by atoms with Gasteiger partial charge in [-0.1, -0.05) is 11.6 Å². The van der Waals surface area contributed by atoms with Gasteiger partial charge in [-0.2, -0.15) is 0 Å². The number of aromatic carboxylic acids is 1. The molecule has 1 aromatic carbocycles. The second-order valence-corrected chi connectivity index (χ2v) is 5.03. The van der Waals surface area contributed by atoms with Crippen LogP contribution in [0.5, 0.6) is 5.75 Å². The summed E-state index contributed by atoms with van der Waals surface area (Å²) >= 11 is 6.98. The zero-order valence-electron chi connectivity index (χ0n) is 9.44. The van der Waals surface area contributed by atoms with Crippen LogP contribution in [-0.4, -0.2) is 18.2 Å². The number of rotatable bonds is 3. The van der Waals surface area contributed by atoms with Gasteiger partial charge >= 0.3 is 5.97 Å². The molecule has 0 saturated carbocycles. The first-order valence-electron chi connectivity index (χ1n) is 4.99. The summed E-state index contributed by atoms with van der Waals surface area (Å²) < 4.78 is 5.22. The van der Waals surface area contributed by atoms with E-state index in [2.05, 4.69) is 0 Å². The Hall–Kier alpha value is -1.72. The molecule has 18 heavy (non-hydrogen) atoms. The van der Waals surface area contributed by atoms with Gasteiger partial charge in [-0.05, 0) is 24.3 Å². The van der Waals surface area contributed by atoms with Gasteiger partial charge in [0.05, 0.1) is 12.8 Å². The zero-order valence-corrected chi connectivity index (χ0v) is 11.0. The summed E-state index contributed by atoms with van der Waals surface area (Å²) in [4.78, 5) is 11.8. The van der Waals surface area contributed by atoms with Gasteiger partial charge in [0.25, 0.3) is 0 Å². The van der Waals surface area contributed by atoms with E-state index in [4.69, 9.17) is 27.2 Å². The van der Waals surface area contributed by atoms with Crippen molar-refractivity contribution in [1.82, 2.24) is 0 Å². The van der Waals surface area contributed by atoms with Crippen LogP contribution < -0.4 is 10.5 Å². The fraction of sp³-hybridized carbons (Fsp3) is 0.0833. The molecule has 6 heteroatoms. The second-order valence-electron chi connectivity index (χ2n) is 3.54. The predicted molar refractivity (Wildman–Crippen MR) is 72.7 cm³/mol. The number of anilines is 1. The Labute approximate surface area is 113 Å². The van der Waals surface area contributed by atoms with E-state index in [0.29, 0.717) is 10.8 Å². The molecule has 4 nitrogen and oxygen atoms in total. The molecule has 1 heterocycles. The maximum Gasteiger partial charge on any atom is 0.348 e. The molecule has 94 valence electrons. The molecule has 1 aromatic heterocycles. The molecule has 0 aliphatic carbocycles. The molecule has 0 bridgehead atoms. The van der Waals surface area contributed by atoms with Crippen molar-refractivity contribution in [2.75, 3.05) is 12.8 Å². The minimum Gasteiger partial charge on any atom is -0.496 e. The van der Waals surface area contributed by atoms with Crippen LogP contribution in [0.3, 0.4) is 0 Å². The highest BCUT2D eigenvalue weighted by molar-refractivity contribution is 7.18. The summed E-state index contributed by atoms with van der Waals surface area (Å²) in [5, 5.41) is 9.53. The Balaban J connectivity index is 2.55. The van der Waals surface area contributed by atoms with Crippen LogP contribution in [-0.2, 0) is 0 Å². The highest BCUT2D eigenvalue weighted by atomic mass is 35.5. The fourth-order valence-electron chi connectivity index (χ4n) is 1.57. The van der Waals surface area contributed by atoms with Gasteiger partial charge in [-0.25, -0.2) is 4.79 Å². The number of hydrogen-bond donors (Lipinski definition) is 2. The summed E-state index contributed by atoms with van der Waals surface area (Å²) in [5.74, 6) is -0.447.